The van der Waals surface area contributed by atoms with Gasteiger partial charge in [-0.15, -0.1) is 0 Å². The van der Waals surface area contributed by atoms with Crippen LogP contribution < -0.4 is 0 Å². The average molecular weight is 275 g/mol. The van der Waals surface area contributed by atoms with E-state index in [-0.39, 0.29) is 5.97 Å². The van der Waals surface area contributed by atoms with Gasteiger partial charge in [0.1, 0.15) is 5.60 Å². The predicted molar refractivity (Wildman–Crippen MR) is 80.4 cm³/mol. The fraction of sp³-hybridized carbons (Fsp3) is 0.588. The van der Waals surface area contributed by atoms with Crippen molar-refractivity contribution in [1.82, 2.24) is 4.90 Å². The van der Waals surface area contributed by atoms with Crippen molar-refractivity contribution in [3.05, 3.63) is 35.9 Å². The van der Waals surface area contributed by atoms with Gasteiger partial charge in [-0.05, 0) is 31.5 Å². The number of benzene rings is 1. The SMILES string of the molecule is CCN1CC[C@@H]([C@](CC)(OC(C)=O)c2ccccc2)C1. The highest BCUT2D eigenvalue weighted by atomic mass is 16.6. The van der Waals surface area contributed by atoms with Crippen LogP contribution in [0.5, 0.6) is 0 Å². The van der Waals surface area contributed by atoms with E-state index >= 15 is 0 Å². The number of carbonyl (C=O) groups excluding carboxylic acids is 1. The number of esters is 1. The van der Waals surface area contributed by atoms with Gasteiger partial charge in [0.15, 0.2) is 0 Å². The standard InChI is InChI=1S/C17H25NO2/c1-4-17(20-14(3)19,15-9-7-6-8-10-15)16-11-12-18(5-2)13-16/h6-10,16H,4-5,11-13H2,1-3H3/t16-,17-/m1/s1. The summed E-state index contributed by atoms with van der Waals surface area (Å²) in [6, 6.07) is 10.2. The lowest BCUT2D eigenvalue weighted by molar-refractivity contribution is -0.166. The normalized spacial score (nSPS) is 22.4. The third kappa shape index (κ3) is 2.88. The molecule has 1 aromatic rings. The van der Waals surface area contributed by atoms with Crippen molar-refractivity contribution in [3.63, 3.8) is 0 Å². The molecule has 110 valence electrons. The first-order valence-corrected chi connectivity index (χ1v) is 7.59. The Balaban J connectivity index is 2.35. The third-order valence-electron chi connectivity index (χ3n) is 4.49. The second-order valence-electron chi connectivity index (χ2n) is 5.58. The van der Waals surface area contributed by atoms with Gasteiger partial charge in [-0.1, -0.05) is 44.2 Å². The third-order valence-corrected chi connectivity index (χ3v) is 4.49. The van der Waals surface area contributed by atoms with Crippen LogP contribution >= 0.6 is 0 Å². The molecule has 2 rings (SSSR count). The molecule has 1 heterocycles. The smallest absolute Gasteiger partial charge is 0.303 e. The number of hydrogen-bond donors (Lipinski definition) is 0. The summed E-state index contributed by atoms with van der Waals surface area (Å²) in [5.74, 6) is 0.185. The van der Waals surface area contributed by atoms with Gasteiger partial charge in [-0.3, -0.25) is 4.79 Å². The lowest BCUT2D eigenvalue weighted by Crippen LogP contribution is -2.40. The first kappa shape index (κ1) is 15.0. The van der Waals surface area contributed by atoms with Crippen LogP contribution in [0, 0.1) is 5.92 Å². The molecule has 1 fully saturated rings. The zero-order valence-corrected chi connectivity index (χ0v) is 12.8. The first-order chi connectivity index (χ1) is 9.62. The number of rotatable bonds is 5. The predicted octanol–water partition coefficient (Wildman–Crippen LogP) is 3.20. The summed E-state index contributed by atoms with van der Waals surface area (Å²) in [5, 5.41) is 0. The number of likely N-dealkylation sites (tertiary alicyclic amines) is 1. The largest absolute Gasteiger partial charge is 0.454 e. The fourth-order valence-corrected chi connectivity index (χ4v) is 3.42. The van der Waals surface area contributed by atoms with Crippen molar-refractivity contribution in [3.8, 4) is 0 Å². The topological polar surface area (TPSA) is 29.5 Å². The van der Waals surface area contributed by atoms with Crippen molar-refractivity contribution >= 4 is 5.97 Å². The van der Waals surface area contributed by atoms with Gasteiger partial charge in [0.2, 0.25) is 0 Å². The second kappa shape index (κ2) is 6.40. The molecule has 3 heteroatoms. The van der Waals surface area contributed by atoms with E-state index in [2.05, 4.69) is 30.9 Å². The summed E-state index contributed by atoms with van der Waals surface area (Å²) in [6.07, 6.45) is 1.91. The van der Waals surface area contributed by atoms with Crippen LogP contribution in [0.4, 0.5) is 0 Å². The molecule has 0 aliphatic carbocycles. The molecule has 0 N–H and O–H groups in total. The van der Waals surface area contributed by atoms with Crippen LogP contribution in [0.1, 0.15) is 39.2 Å². The van der Waals surface area contributed by atoms with Gasteiger partial charge in [-0.25, -0.2) is 0 Å². The molecule has 0 amide bonds. The maximum Gasteiger partial charge on any atom is 0.303 e. The quantitative estimate of drug-likeness (QED) is 0.773. The molecular formula is C17H25NO2. The molecule has 2 atom stereocenters. The van der Waals surface area contributed by atoms with Crippen LogP contribution in [0.2, 0.25) is 0 Å². The Kier molecular flexibility index (Phi) is 4.81. The van der Waals surface area contributed by atoms with Crippen LogP contribution in [0.15, 0.2) is 30.3 Å². The Morgan fingerprint density at radius 3 is 2.55 bits per heavy atom. The molecule has 0 radical (unpaired) electrons. The van der Waals surface area contributed by atoms with Gasteiger partial charge in [-0.2, -0.15) is 0 Å². The second-order valence-corrected chi connectivity index (χ2v) is 5.58. The molecule has 1 aliphatic rings. The van der Waals surface area contributed by atoms with E-state index in [0.29, 0.717) is 5.92 Å². The lowest BCUT2D eigenvalue weighted by Gasteiger charge is -2.38. The van der Waals surface area contributed by atoms with Gasteiger partial charge >= 0.3 is 5.97 Å². The summed E-state index contributed by atoms with van der Waals surface area (Å²) in [4.78, 5) is 14.1. The van der Waals surface area contributed by atoms with Crippen LogP contribution in [-0.2, 0) is 15.1 Å². The highest BCUT2D eigenvalue weighted by Crippen LogP contribution is 2.42. The van der Waals surface area contributed by atoms with Crippen LogP contribution in [0.25, 0.3) is 0 Å². The van der Waals surface area contributed by atoms with Crippen molar-refractivity contribution in [2.75, 3.05) is 19.6 Å². The Hall–Kier alpha value is -1.35. The lowest BCUT2D eigenvalue weighted by atomic mass is 9.78. The zero-order valence-electron chi connectivity index (χ0n) is 12.8. The highest BCUT2D eigenvalue weighted by molar-refractivity contribution is 5.67. The van der Waals surface area contributed by atoms with Crippen molar-refractivity contribution in [2.45, 2.75) is 39.2 Å². The maximum absolute atomic E-state index is 11.7. The minimum atomic E-state index is -0.475. The van der Waals surface area contributed by atoms with Crippen LogP contribution in [-0.4, -0.2) is 30.5 Å². The van der Waals surface area contributed by atoms with E-state index in [4.69, 9.17) is 4.74 Å². The number of hydrogen-bond acceptors (Lipinski definition) is 3. The molecule has 1 aromatic carbocycles. The van der Waals surface area contributed by atoms with Crippen molar-refractivity contribution < 1.29 is 9.53 Å². The Labute approximate surface area is 121 Å². The fourth-order valence-electron chi connectivity index (χ4n) is 3.42. The van der Waals surface area contributed by atoms with E-state index in [9.17, 15) is 4.79 Å². The van der Waals surface area contributed by atoms with E-state index < -0.39 is 5.60 Å². The summed E-state index contributed by atoms with van der Waals surface area (Å²) < 4.78 is 5.88. The van der Waals surface area contributed by atoms with Gasteiger partial charge in [0.05, 0.1) is 0 Å². The molecule has 0 unspecified atom stereocenters. The van der Waals surface area contributed by atoms with E-state index in [0.717, 1.165) is 38.0 Å². The van der Waals surface area contributed by atoms with Gasteiger partial charge in [0, 0.05) is 19.4 Å². The Morgan fingerprint density at radius 2 is 2.05 bits per heavy atom. The van der Waals surface area contributed by atoms with Gasteiger partial charge in [0.25, 0.3) is 0 Å². The van der Waals surface area contributed by atoms with Gasteiger partial charge < -0.3 is 9.64 Å². The summed E-state index contributed by atoms with van der Waals surface area (Å²) >= 11 is 0. The van der Waals surface area contributed by atoms with Crippen LogP contribution in [0.3, 0.4) is 0 Å². The van der Waals surface area contributed by atoms with E-state index in [1.165, 1.54) is 6.92 Å². The molecular weight excluding hydrogens is 250 g/mol. The number of nitrogens with zero attached hydrogens (tertiary/aromatic N) is 1. The summed E-state index contributed by atoms with van der Waals surface area (Å²) in [5.41, 5.74) is 0.650. The Bertz CT molecular complexity index is 446. The molecule has 0 aromatic heterocycles. The molecule has 20 heavy (non-hydrogen) atoms. The molecule has 0 bridgehead atoms. The molecule has 1 saturated heterocycles. The number of carbonyl (C=O) groups is 1. The highest BCUT2D eigenvalue weighted by Gasteiger charge is 2.44. The van der Waals surface area contributed by atoms with E-state index in [1.54, 1.807) is 0 Å². The molecule has 0 saturated carbocycles. The Morgan fingerprint density at radius 1 is 1.35 bits per heavy atom. The van der Waals surface area contributed by atoms with Crippen molar-refractivity contribution in [1.29, 1.82) is 0 Å². The average Bonchev–Trinajstić information content (AvgIpc) is 2.95. The van der Waals surface area contributed by atoms with E-state index in [1.807, 2.05) is 18.2 Å². The zero-order chi connectivity index (χ0) is 14.6. The molecule has 0 spiro atoms. The molecule has 3 nitrogen and oxygen atoms in total. The van der Waals surface area contributed by atoms with Crippen molar-refractivity contribution in [2.24, 2.45) is 5.92 Å². The molecule has 1 aliphatic heterocycles. The first-order valence-electron chi connectivity index (χ1n) is 7.59. The minimum absolute atomic E-state index is 0.189. The summed E-state index contributed by atoms with van der Waals surface area (Å²) in [7, 11) is 0. The number of ether oxygens (including phenoxy) is 1. The minimum Gasteiger partial charge on any atom is -0.454 e. The maximum atomic E-state index is 11.7. The summed E-state index contributed by atoms with van der Waals surface area (Å²) in [6.45, 7) is 8.98. The monoisotopic (exact) mass is 275 g/mol.